The standard InChI is InChI=1S/C15H25N3.C2H6/c1-3-8-13-14(4-2)16-12-17-15(13)11-18-9-6-5-7-10-18;1-2/h12H,3-11H2,1-2H3;1-2H3. The van der Waals surface area contributed by atoms with Gasteiger partial charge in [-0.1, -0.05) is 40.5 Å². The monoisotopic (exact) mass is 277 g/mol. The van der Waals surface area contributed by atoms with Gasteiger partial charge in [-0.2, -0.15) is 0 Å². The van der Waals surface area contributed by atoms with Crippen molar-refractivity contribution in [1.29, 1.82) is 0 Å². The van der Waals surface area contributed by atoms with E-state index in [0.717, 1.165) is 19.4 Å². The highest BCUT2D eigenvalue weighted by atomic mass is 15.1. The van der Waals surface area contributed by atoms with Crippen molar-refractivity contribution in [3.63, 3.8) is 0 Å². The second-order valence-electron chi connectivity index (χ2n) is 5.19. The highest BCUT2D eigenvalue weighted by Crippen LogP contribution is 2.18. The first-order valence-electron chi connectivity index (χ1n) is 8.39. The van der Waals surface area contributed by atoms with Crippen LogP contribution in [0.1, 0.15) is 70.3 Å². The van der Waals surface area contributed by atoms with Gasteiger partial charge < -0.3 is 0 Å². The molecule has 0 N–H and O–H groups in total. The van der Waals surface area contributed by atoms with Crippen molar-refractivity contribution in [2.75, 3.05) is 13.1 Å². The van der Waals surface area contributed by atoms with Crippen LogP contribution in [0.5, 0.6) is 0 Å². The van der Waals surface area contributed by atoms with Gasteiger partial charge in [0.05, 0.1) is 5.69 Å². The molecule has 0 amide bonds. The number of rotatable bonds is 5. The topological polar surface area (TPSA) is 29.0 Å². The van der Waals surface area contributed by atoms with E-state index in [4.69, 9.17) is 0 Å². The molecule has 0 saturated carbocycles. The van der Waals surface area contributed by atoms with Gasteiger partial charge in [0, 0.05) is 12.2 Å². The summed E-state index contributed by atoms with van der Waals surface area (Å²) < 4.78 is 0. The molecule has 0 unspecified atom stereocenters. The Morgan fingerprint density at radius 2 is 1.65 bits per heavy atom. The van der Waals surface area contributed by atoms with Crippen molar-refractivity contribution in [3.8, 4) is 0 Å². The summed E-state index contributed by atoms with van der Waals surface area (Å²) in [5.74, 6) is 0. The average Bonchev–Trinajstić information content (AvgIpc) is 2.52. The predicted octanol–water partition coefficient (Wildman–Crippen LogP) is 4.00. The van der Waals surface area contributed by atoms with E-state index in [9.17, 15) is 0 Å². The van der Waals surface area contributed by atoms with E-state index in [-0.39, 0.29) is 0 Å². The lowest BCUT2D eigenvalue weighted by atomic mass is 10.0. The zero-order valence-electron chi connectivity index (χ0n) is 13.8. The number of hydrogen-bond acceptors (Lipinski definition) is 3. The molecule has 1 aromatic rings. The first-order valence-corrected chi connectivity index (χ1v) is 8.39. The van der Waals surface area contributed by atoms with Crippen molar-refractivity contribution in [2.45, 2.75) is 72.8 Å². The summed E-state index contributed by atoms with van der Waals surface area (Å²) in [4.78, 5) is 11.5. The van der Waals surface area contributed by atoms with Crippen LogP contribution in [0.4, 0.5) is 0 Å². The van der Waals surface area contributed by atoms with Crippen LogP contribution in [0.2, 0.25) is 0 Å². The SMILES string of the molecule is CC.CCCc1c(CC)ncnc1CN1CCCCC1. The Hall–Kier alpha value is -0.960. The third-order valence-corrected chi connectivity index (χ3v) is 3.78. The molecule has 3 heteroatoms. The highest BCUT2D eigenvalue weighted by Gasteiger charge is 2.15. The summed E-state index contributed by atoms with van der Waals surface area (Å²) in [6, 6.07) is 0. The minimum Gasteiger partial charge on any atom is -0.298 e. The summed E-state index contributed by atoms with van der Waals surface area (Å²) in [5.41, 5.74) is 3.93. The van der Waals surface area contributed by atoms with Crippen molar-refractivity contribution >= 4 is 0 Å². The molecule has 0 aromatic carbocycles. The van der Waals surface area contributed by atoms with E-state index >= 15 is 0 Å². The van der Waals surface area contributed by atoms with Crippen LogP contribution >= 0.6 is 0 Å². The Labute approximate surface area is 124 Å². The van der Waals surface area contributed by atoms with Crippen LogP contribution in [0.3, 0.4) is 0 Å². The molecule has 2 rings (SSSR count). The van der Waals surface area contributed by atoms with Gasteiger partial charge in [0.2, 0.25) is 0 Å². The predicted molar refractivity (Wildman–Crippen MR) is 85.9 cm³/mol. The zero-order valence-corrected chi connectivity index (χ0v) is 13.8. The number of nitrogens with zero attached hydrogens (tertiary/aromatic N) is 3. The summed E-state index contributed by atoms with van der Waals surface area (Å²) in [6.07, 6.45) is 9.13. The van der Waals surface area contributed by atoms with Gasteiger partial charge in [0.15, 0.2) is 0 Å². The molecule has 0 bridgehead atoms. The summed E-state index contributed by atoms with van der Waals surface area (Å²) in [6.45, 7) is 11.9. The van der Waals surface area contributed by atoms with Gasteiger partial charge in [-0.3, -0.25) is 4.90 Å². The molecule has 114 valence electrons. The fourth-order valence-electron chi connectivity index (χ4n) is 2.80. The van der Waals surface area contributed by atoms with Gasteiger partial charge in [0.25, 0.3) is 0 Å². The Kier molecular flexibility index (Phi) is 8.43. The molecule has 0 radical (unpaired) electrons. The van der Waals surface area contributed by atoms with Crippen LogP contribution in [-0.2, 0) is 19.4 Å². The Morgan fingerprint density at radius 1 is 1.00 bits per heavy atom. The molecule has 1 aliphatic rings. The number of likely N-dealkylation sites (tertiary alicyclic amines) is 1. The zero-order chi connectivity index (χ0) is 14.8. The lowest BCUT2D eigenvalue weighted by Gasteiger charge is -2.27. The van der Waals surface area contributed by atoms with E-state index in [1.165, 1.54) is 55.7 Å². The largest absolute Gasteiger partial charge is 0.298 e. The molecule has 20 heavy (non-hydrogen) atoms. The van der Waals surface area contributed by atoms with Gasteiger partial charge in [-0.25, -0.2) is 9.97 Å². The summed E-state index contributed by atoms with van der Waals surface area (Å²) in [5, 5.41) is 0. The Bertz CT molecular complexity index is 370. The number of piperidine rings is 1. The van der Waals surface area contributed by atoms with Crippen LogP contribution in [0.25, 0.3) is 0 Å². The highest BCUT2D eigenvalue weighted by molar-refractivity contribution is 5.25. The van der Waals surface area contributed by atoms with Crippen LogP contribution in [-0.4, -0.2) is 28.0 Å². The molecule has 0 aliphatic carbocycles. The second-order valence-corrected chi connectivity index (χ2v) is 5.19. The first-order chi connectivity index (χ1) is 9.85. The van der Waals surface area contributed by atoms with Crippen LogP contribution in [0, 0.1) is 0 Å². The number of aryl methyl sites for hydroxylation is 1. The van der Waals surface area contributed by atoms with Gasteiger partial charge >= 0.3 is 0 Å². The molecule has 0 atom stereocenters. The van der Waals surface area contributed by atoms with Crippen molar-refractivity contribution in [3.05, 3.63) is 23.3 Å². The third-order valence-electron chi connectivity index (χ3n) is 3.78. The van der Waals surface area contributed by atoms with E-state index < -0.39 is 0 Å². The van der Waals surface area contributed by atoms with Gasteiger partial charge in [-0.15, -0.1) is 0 Å². The van der Waals surface area contributed by atoms with Crippen LogP contribution < -0.4 is 0 Å². The normalized spacial score (nSPS) is 15.6. The lowest BCUT2D eigenvalue weighted by molar-refractivity contribution is 0.217. The van der Waals surface area contributed by atoms with Crippen LogP contribution in [0.15, 0.2) is 6.33 Å². The minimum absolute atomic E-state index is 1.02. The maximum Gasteiger partial charge on any atom is 0.116 e. The number of hydrogen-bond donors (Lipinski definition) is 0. The third kappa shape index (κ3) is 4.86. The average molecular weight is 277 g/mol. The first kappa shape index (κ1) is 17.1. The van der Waals surface area contributed by atoms with E-state index in [0.29, 0.717) is 0 Å². The fraction of sp³-hybridized carbons (Fsp3) is 0.765. The molecular formula is C17H31N3. The van der Waals surface area contributed by atoms with E-state index in [2.05, 4.69) is 28.7 Å². The van der Waals surface area contributed by atoms with Gasteiger partial charge in [0.1, 0.15) is 6.33 Å². The lowest BCUT2D eigenvalue weighted by Crippen LogP contribution is -2.30. The summed E-state index contributed by atoms with van der Waals surface area (Å²) >= 11 is 0. The molecule has 0 spiro atoms. The van der Waals surface area contributed by atoms with Crippen molar-refractivity contribution < 1.29 is 0 Å². The summed E-state index contributed by atoms with van der Waals surface area (Å²) in [7, 11) is 0. The smallest absolute Gasteiger partial charge is 0.116 e. The van der Waals surface area contributed by atoms with Gasteiger partial charge in [-0.05, 0) is 44.3 Å². The Balaban J connectivity index is 0.000000956. The molecule has 1 saturated heterocycles. The van der Waals surface area contributed by atoms with E-state index in [1.807, 2.05) is 13.8 Å². The minimum atomic E-state index is 1.02. The molecule has 1 fully saturated rings. The fourth-order valence-corrected chi connectivity index (χ4v) is 2.80. The van der Waals surface area contributed by atoms with Crippen molar-refractivity contribution in [1.82, 2.24) is 14.9 Å². The number of aromatic nitrogens is 2. The molecule has 1 aromatic heterocycles. The second kappa shape index (κ2) is 9.87. The molecular weight excluding hydrogens is 246 g/mol. The molecule has 3 nitrogen and oxygen atoms in total. The van der Waals surface area contributed by atoms with E-state index in [1.54, 1.807) is 6.33 Å². The maximum absolute atomic E-state index is 4.55. The van der Waals surface area contributed by atoms with Crippen molar-refractivity contribution in [2.24, 2.45) is 0 Å². The quantitative estimate of drug-likeness (QED) is 0.814. The molecule has 2 heterocycles. The Morgan fingerprint density at radius 3 is 2.25 bits per heavy atom. The molecule has 1 aliphatic heterocycles. The maximum atomic E-state index is 4.55.